The molecule has 0 bridgehead atoms. The van der Waals surface area contributed by atoms with Gasteiger partial charge >= 0.3 is 11.9 Å². The van der Waals surface area contributed by atoms with E-state index in [1.807, 2.05) is 0 Å². The number of carbonyl (C=O) groups is 3. The van der Waals surface area contributed by atoms with Crippen LogP contribution in [0.3, 0.4) is 0 Å². The van der Waals surface area contributed by atoms with Gasteiger partial charge in [-0.3, -0.25) is 9.63 Å². The molecule has 0 saturated carbocycles. The lowest BCUT2D eigenvalue weighted by Gasteiger charge is -2.25. The molecule has 8 nitrogen and oxygen atoms in total. The van der Waals surface area contributed by atoms with E-state index in [2.05, 4.69) is 5.48 Å². The normalized spacial score (nSPS) is 11.6. The number of ether oxygens (including phenoxy) is 2. The molecule has 0 saturated heterocycles. The molecule has 9 heteroatoms. The van der Waals surface area contributed by atoms with E-state index >= 15 is 0 Å². The average molecular weight is 401 g/mol. The van der Waals surface area contributed by atoms with Crippen LogP contribution in [0.25, 0.3) is 0 Å². The molecule has 0 aliphatic rings. The van der Waals surface area contributed by atoms with Gasteiger partial charge in [-0.15, -0.1) is 0 Å². The van der Waals surface area contributed by atoms with E-state index in [0.29, 0.717) is 23.4 Å². The Balaban J connectivity index is 2.50. The minimum atomic E-state index is -1.51. The minimum absolute atomic E-state index is 0.302. The highest BCUT2D eigenvalue weighted by atomic mass is 35.5. The first-order valence-electron chi connectivity index (χ1n) is 8.43. The number of nitrogens with two attached hydrogens (primary N) is 1. The number of halogens is 1. The largest absolute Gasteiger partial charge is 0.426 e. The Kier molecular flexibility index (Phi) is 8.20. The smallest absolute Gasteiger partial charge is 0.343 e. The summed E-state index contributed by atoms with van der Waals surface area (Å²) in [7, 11) is 0. The molecule has 0 unspecified atom stereocenters. The Morgan fingerprint density at radius 3 is 2.07 bits per heavy atom. The van der Waals surface area contributed by atoms with Gasteiger partial charge < -0.3 is 15.2 Å². The molecule has 0 aromatic heterocycles. The van der Waals surface area contributed by atoms with E-state index < -0.39 is 35.8 Å². The van der Waals surface area contributed by atoms with Crippen LogP contribution in [0.1, 0.15) is 50.9 Å². The van der Waals surface area contributed by atoms with Gasteiger partial charge in [0.05, 0.1) is 0 Å². The molecule has 0 radical (unpaired) electrons. The van der Waals surface area contributed by atoms with Crippen LogP contribution in [0.4, 0.5) is 0 Å². The zero-order chi connectivity index (χ0) is 20.7. The summed E-state index contributed by atoms with van der Waals surface area (Å²) in [6.45, 7) is 5.71. The first kappa shape index (κ1) is 22.9. The Bertz CT molecular complexity index is 671. The van der Waals surface area contributed by atoms with Gasteiger partial charge in [0.2, 0.25) is 6.79 Å². The summed E-state index contributed by atoms with van der Waals surface area (Å²) in [5, 5.41) is 0.485. The van der Waals surface area contributed by atoms with Crippen LogP contribution in [0.2, 0.25) is 5.02 Å². The van der Waals surface area contributed by atoms with Crippen molar-refractivity contribution in [3.8, 4) is 0 Å². The lowest BCUT2D eigenvalue weighted by Crippen LogP contribution is -2.48. The standard InChI is InChI=1S/C18H25ClN2O6/c1-5-18(20,6-2)16(24)26-11-25-15(23)17(3,4)27-21-14(22)12-7-9-13(19)10-8-12/h7-10H,5-6,11,20H2,1-4H3,(H,21,22). The van der Waals surface area contributed by atoms with E-state index in [9.17, 15) is 14.4 Å². The summed E-state index contributed by atoms with van der Waals surface area (Å²) in [6.07, 6.45) is 0.781. The first-order valence-corrected chi connectivity index (χ1v) is 8.80. The molecule has 1 aromatic rings. The van der Waals surface area contributed by atoms with E-state index in [-0.39, 0.29) is 0 Å². The van der Waals surface area contributed by atoms with Crippen molar-refractivity contribution in [3.63, 3.8) is 0 Å². The van der Waals surface area contributed by atoms with E-state index in [1.54, 1.807) is 26.0 Å². The number of benzene rings is 1. The highest BCUT2D eigenvalue weighted by Crippen LogP contribution is 2.15. The minimum Gasteiger partial charge on any atom is -0.426 e. The highest BCUT2D eigenvalue weighted by molar-refractivity contribution is 6.30. The van der Waals surface area contributed by atoms with Crippen LogP contribution < -0.4 is 11.2 Å². The molecule has 1 rings (SSSR count). The second-order valence-corrected chi connectivity index (χ2v) is 6.83. The van der Waals surface area contributed by atoms with Crippen molar-refractivity contribution in [2.24, 2.45) is 5.73 Å². The monoisotopic (exact) mass is 400 g/mol. The molecule has 0 atom stereocenters. The molecular weight excluding hydrogens is 376 g/mol. The summed E-state index contributed by atoms with van der Waals surface area (Å²) in [4.78, 5) is 41.1. The summed E-state index contributed by atoms with van der Waals surface area (Å²) in [5.74, 6) is -2.05. The molecule has 0 fully saturated rings. The van der Waals surface area contributed by atoms with Crippen LogP contribution in [0.5, 0.6) is 0 Å². The van der Waals surface area contributed by atoms with Crippen molar-refractivity contribution in [3.05, 3.63) is 34.9 Å². The molecule has 27 heavy (non-hydrogen) atoms. The van der Waals surface area contributed by atoms with Gasteiger partial charge in [0.15, 0.2) is 5.60 Å². The number of hydrogen-bond donors (Lipinski definition) is 2. The SMILES string of the molecule is CCC(N)(CC)C(=O)OCOC(=O)C(C)(C)ONC(=O)c1ccc(Cl)cc1. The maximum absolute atomic E-state index is 12.1. The van der Waals surface area contributed by atoms with Crippen LogP contribution in [0.15, 0.2) is 24.3 Å². The van der Waals surface area contributed by atoms with Gasteiger partial charge in [0, 0.05) is 10.6 Å². The fourth-order valence-corrected chi connectivity index (χ4v) is 1.99. The second-order valence-electron chi connectivity index (χ2n) is 6.40. The zero-order valence-electron chi connectivity index (χ0n) is 15.8. The van der Waals surface area contributed by atoms with E-state index in [1.165, 1.54) is 26.0 Å². The van der Waals surface area contributed by atoms with Crippen LogP contribution in [0, 0.1) is 0 Å². The van der Waals surface area contributed by atoms with Crippen molar-refractivity contribution in [2.45, 2.75) is 51.7 Å². The molecule has 0 aliphatic carbocycles. The quantitative estimate of drug-likeness (QED) is 0.371. The molecule has 150 valence electrons. The molecule has 0 spiro atoms. The van der Waals surface area contributed by atoms with Gasteiger partial charge in [-0.2, -0.15) is 0 Å². The summed E-state index contributed by atoms with van der Waals surface area (Å²) in [6, 6.07) is 6.11. The van der Waals surface area contributed by atoms with Gasteiger partial charge in [-0.1, -0.05) is 25.4 Å². The van der Waals surface area contributed by atoms with Crippen molar-refractivity contribution in [2.75, 3.05) is 6.79 Å². The van der Waals surface area contributed by atoms with Gasteiger partial charge in [-0.25, -0.2) is 15.1 Å². The van der Waals surface area contributed by atoms with Crippen LogP contribution in [-0.2, 0) is 23.9 Å². The van der Waals surface area contributed by atoms with Crippen LogP contribution in [-0.4, -0.2) is 35.8 Å². The lowest BCUT2D eigenvalue weighted by molar-refractivity contribution is -0.190. The van der Waals surface area contributed by atoms with Gasteiger partial charge in [0.25, 0.3) is 5.91 Å². The number of nitrogens with one attached hydrogen (secondary N) is 1. The summed E-state index contributed by atoms with van der Waals surface area (Å²) >= 11 is 5.76. The zero-order valence-corrected chi connectivity index (χ0v) is 16.6. The molecule has 1 aromatic carbocycles. The van der Waals surface area contributed by atoms with Crippen LogP contribution >= 0.6 is 11.6 Å². The average Bonchev–Trinajstić information content (AvgIpc) is 2.65. The molecule has 0 aliphatic heterocycles. The number of hydrogen-bond acceptors (Lipinski definition) is 7. The van der Waals surface area contributed by atoms with Gasteiger partial charge in [0.1, 0.15) is 5.54 Å². The second kappa shape index (κ2) is 9.68. The van der Waals surface area contributed by atoms with E-state index in [4.69, 9.17) is 31.6 Å². The van der Waals surface area contributed by atoms with Crippen molar-refractivity contribution < 1.29 is 28.7 Å². The molecule has 1 amide bonds. The van der Waals surface area contributed by atoms with Crippen molar-refractivity contribution >= 4 is 29.4 Å². The number of hydroxylamine groups is 1. The predicted octanol–water partition coefficient (Wildman–Crippen LogP) is 2.34. The topological polar surface area (TPSA) is 117 Å². The summed E-state index contributed by atoms with van der Waals surface area (Å²) < 4.78 is 9.78. The maximum atomic E-state index is 12.1. The maximum Gasteiger partial charge on any atom is 0.343 e. The number of amides is 1. The Morgan fingerprint density at radius 2 is 1.56 bits per heavy atom. The molecular formula is C18H25ClN2O6. The van der Waals surface area contributed by atoms with E-state index in [0.717, 1.165) is 0 Å². The third-order valence-corrected chi connectivity index (χ3v) is 4.30. The molecule has 0 heterocycles. The number of carbonyl (C=O) groups excluding carboxylic acids is 3. The van der Waals surface area contributed by atoms with Crippen molar-refractivity contribution in [1.82, 2.24) is 5.48 Å². The third kappa shape index (κ3) is 6.50. The highest BCUT2D eigenvalue weighted by Gasteiger charge is 2.34. The fraction of sp³-hybridized carbons (Fsp3) is 0.500. The lowest BCUT2D eigenvalue weighted by atomic mass is 9.95. The fourth-order valence-electron chi connectivity index (χ4n) is 1.87. The molecule has 3 N–H and O–H groups in total. The third-order valence-electron chi connectivity index (χ3n) is 4.05. The Morgan fingerprint density at radius 1 is 1.04 bits per heavy atom. The predicted molar refractivity (Wildman–Crippen MR) is 98.6 cm³/mol. The Hall–Kier alpha value is -2.16. The summed E-state index contributed by atoms with van der Waals surface area (Å²) in [5.41, 5.74) is 5.74. The first-order chi connectivity index (χ1) is 12.6. The van der Waals surface area contributed by atoms with Gasteiger partial charge in [-0.05, 0) is 51.0 Å². The Labute approximate surface area is 163 Å². The number of esters is 2. The number of rotatable bonds is 9. The van der Waals surface area contributed by atoms with Crippen molar-refractivity contribution in [1.29, 1.82) is 0 Å².